The third-order valence-electron chi connectivity index (χ3n) is 6.77. The number of rotatable bonds is 3. The minimum Gasteiger partial charge on any atom is -0.455 e. The number of hydrazone groups is 1. The molecule has 2 amide bonds. The molecule has 0 radical (unpaired) electrons. The highest BCUT2D eigenvalue weighted by atomic mass is 35.5. The van der Waals surface area contributed by atoms with Gasteiger partial charge in [-0.1, -0.05) is 35.4 Å². The monoisotopic (exact) mass is 426 g/mol. The molecular weight excluding hydrogens is 411 g/mol. The lowest BCUT2D eigenvalue weighted by Crippen LogP contribution is -2.40. The van der Waals surface area contributed by atoms with Gasteiger partial charge in [0.2, 0.25) is 0 Å². The Hall–Kier alpha value is -2.37. The number of amides is 2. The van der Waals surface area contributed by atoms with Crippen molar-refractivity contribution in [2.45, 2.75) is 6.42 Å². The standard InChI is InChI=1S/C22H16Cl2N2O3/c23-16-5-1-10(7-17(16)24)18-6-2-11(29-18)9-25-26-21(27)19-12-3-4-13(15-8-14(12)15)20(19)22(26)28/h1-7,9,12-15,19-20H,8H2/b25-9-/t12-,13-,14-,15+,19+,20+/m0/s1. The highest BCUT2D eigenvalue weighted by Gasteiger charge is 2.67. The van der Waals surface area contributed by atoms with Gasteiger partial charge in [-0.3, -0.25) is 9.59 Å². The van der Waals surface area contributed by atoms with Crippen LogP contribution >= 0.6 is 23.2 Å². The van der Waals surface area contributed by atoms with E-state index in [1.165, 1.54) is 6.21 Å². The molecule has 2 heterocycles. The van der Waals surface area contributed by atoms with Gasteiger partial charge in [-0.15, -0.1) is 0 Å². The van der Waals surface area contributed by atoms with Crippen molar-refractivity contribution in [3.63, 3.8) is 0 Å². The molecule has 0 spiro atoms. The zero-order valence-corrected chi connectivity index (χ0v) is 16.7. The van der Waals surface area contributed by atoms with Crippen LogP contribution in [0.4, 0.5) is 0 Å². The van der Waals surface area contributed by atoms with Gasteiger partial charge in [-0.25, -0.2) is 0 Å². The Morgan fingerprint density at radius 1 is 0.966 bits per heavy atom. The van der Waals surface area contributed by atoms with E-state index in [-0.39, 0.29) is 35.5 Å². The fourth-order valence-electron chi connectivity index (χ4n) is 5.40. The summed E-state index contributed by atoms with van der Waals surface area (Å²) in [7, 11) is 0. The van der Waals surface area contributed by atoms with Crippen molar-refractivity contribution in [2.75, 3.05) is 0 Å². The minimum atomic E-state index is -0.248. The van der Waals surface area contributed by atoms with Crippen LogP contribution in [0.25, 0.3) is 11.3 Å². The first-order chi connectivity index (χ1) is 14.0. The lowest BCUT2D eigenvalue weighted by Gasteiger charge is -2.37. The van der Waals surface area contributed by atoms with Crippen LogP contribution in [0.2, 0.25) is 10.0 Å². The molecule has 1 saturated heterocycles. The molecule has 1 aromatic heterocycles. The van der Waals surface area contributed by atoms with E-state index in [1.54, 1.807) is 30.3 Å². The summed E-state index contributed by atoms with van der Waals surface area (Å²) in [5, 5.41) is 6.15. The van der Waals surface area contributed by atoms with Crippen molar-refractivity contribution in [2.24, 2.45) is 40.6 Å². The maximum Gasteiger partial charge on any atom is 0.254 e. The van der Waals surface area contributed by atoms with E-state index in [0.717, 1.165) is 17.0 Å². The van der Waals surface area contributed by atoms with Crippen molar-refractivity contribution >= 4 is 41.2 Å². The van der Waals surface area contributed by atoms with E-state index in [4.69, 9.17) is 27.6 Å². The number of hydrogen-bond donors (Lipinski definition) is 0. The van der Waals surface area contributed by atoms with Gasteiger partial charge in [-0.2, -0.15) is 10.1 Å². The van der Waals surface area contributed by atoms with Gasteiger partial charge in [0.05, 0.1) is 28.1 Å². The summed E-state index contributed by atoms with van der Waals surface area (Å²) >= 11 is 12.0. The van der Waals surface area contributed by atoms with Crippen molar-refractivity contribution in [3.05, 3.63) is 58.3 Å². The molecule has 2 saturated carbocycles. The number of hydrogen-bond acceptors (Lipinski definition) is 4. The van der Waals surface area contributed by atoms with Crippen molar-refractivity contribution < 1.29 is 14.0 Å². The largest absolute Gasteiger partial charge is 0.455 e. The topological polar surface area (TPSA) is 62.9 Å². The number of halogens is 2. The minimum absolute atomic E-state index is 0.183. The second-order valence-electron chi connectivity index (χ2n) is 8.22. The first-order valence-electron chi connectivity index (χ1n) is 9.68. The van der Waals surface area contributed by atoms with Crippen molar-refractivity contribution in [3.8, 4) is 11.3 Å². The molecule has 5 aliphatic rings. The van der Waals surface area contributed by atoms with Crippen LogP contribution in [0.15, 0.2) is 52.0 Å². The van der Waals surface area contributed by atoms with E-state index < -0.39 is 0 Å². The average Bonchev–Trinajstić information content (AvgIpc) is 3.36. The third-order valence-corrected chi connectivity index (χ3v) is 7.51. The number of allylic oxidation sites excluding steroid dienone is 2. The number of furan rings is 1. The Kier molecular flexibility index (Phi) is 3.66. The number of nitrogens with zero attached hydrogens (tertiary/aromatic N) is 2. The van der Waals surface area contributed by atoms with E-state index in [2.05, 4.69) is 17.3 Å². The molecule has 1 aromatic carbocycles. The Bertz CT molecular complexity index is 1090. The average molecular weight is 427 g/mol. The summed E-state index contributed by atoms with van der Waals surface area (Å²) in [6, 6.07) is 8.74. The molecule has 29 heavy (non-hydrogen) atoms. The van der Waals surface area contributed by atoms with E-state index in [1.807, 2.05) is 0 Å². The maximum atomic E-state index is 12.9. The molecule has 0 unspecified atom stereocenters. The predicted molar refractivity (Wildman–Crippen MR) is 108 cm³/mol. The van der Waals surface area contributed by atoms with E-state index in [9.17, 15) is 9.59 Å². The summed E-state index contributed by atoms with van der Waals surface area (Å²) in [5.41, 5.74) is 0.778. The quantitative estimate of drug-likeness (QED) is 0.407. The van der Waals surface area contributed by atoms with Crippen LogP contribution in [-0.4, -0.2) is 23.0 Å². The molecule has 2 aromatic rings. The lowest BCUT2D eigenvalue weighted by molar-refractivity contribution is -0.140. The number of carbonyl (C=O) groups excluding carboxylic acids is 2. The van der Waals surface area contributed by atoms with Crippen molar-refractivity contribution in [1.82, 2.24) is 5.01 Å². The molecule has 6 atom stereocenters. The van der Waals surface area contributed by atoms with Gasteiger partial charge < -0.3 is 4.42 Å². The molecule has 2 bridgehead atoms. The predicted octanol–water partition coefficient (Wildman–Crippen LogP) is 4.64. The third kappa shape index (κ3) is 2.50. The molecule has 7 heteroatoms. The van der Waals surface area contributed by atoms with Crippen LogP contribution in [0.5, 0.6) is 0 Å². The van der Waals surface area contributed by atoms with Crippen LogP contribution in [-0.2, 0) is 9.59 Å². The van der Waals surface area contributed by atoms with Gasteiger partial charge >= 0.3 is 0 Å². The molecule has 3 fully saturated rings. The fourth-order valence-corrected chi connectivity index (χ4v) is 5.69. The van der Waals surface area contributed by atoms with Crippen LogP contribution < -0.4 is 0 Å². The molecule has 146 valence electrons. The highest BCUT2D eigenvalue weighted by Crippen LogP contribution is 2.65. The molecular formula is C22H16Cl2N2O3. The van der Waals surface area contributed by atoms with Crippen LogP contribution in [0, 0.1) is 35.5 Å². The number of imide groups is 1. The number of carbonyl (C=O) groups is 2. The smallest absolute Gasteiger partial charge is 0.254 e. The first kappa shape index (κ1) is 17.5. The summed E-state index contributed by atoms with van der Waals surface area (Å²) in [4.78, 5) is 25.8. The van der Waals surface area contributed by atoms with E-state index >= 15 is 0 Å². The molecule has 7 rings (SSSR count). The van der Waals surface area contributed by atoms with Crippen molar-refractivity contribution in [1.29, 1.82) is 0 Å². The van der Waals surface area contributed by atoms with Gasteiger partial charge in [-0.05, 0) is 60.4 Å². The molecule has 4 aliphatic carbocycles. The molecule has 1 aliphatic heterocycles. The summed E-state index contributed by atoms with van der Waals surface area (Å²) in [6.45, 7) is 0. The first-order valence-corrected chi connectivity index (χ1v) is 10.4. The Labute approximate surface area is 177 Å². The zero-order chi connectivity index (χ0) is 19.9. The highest BCUT2D eigenvalue weighted by molar-refractivity contribution is 6.42. The van der Waals surface area contributed by atoms with Gasteiger partial charge in [0.25, 0.3) is 11.8 Å². The normalized spacial score (nSPS) is 34.2. The molecule has 0 N–H and O–H groups in total. The van der Waals surface area contributed by atoms with E-state index in [0.29, 0.717) is 33.4 Å². The SMILES string of the molecule is O=C1[C@@H]2[C@H]3C=C[C@@H]([C@@H]4C[C@H]34)[C@H]2C(=O)N1/N=C\c1ccc(-c2ccc(Cl)c(Cl)c2)o1. The van der Waals surface area contributed by atoms with Gasteiger partial charge in [0.15, 0.2) is 0 Å². The fraction of sp³-hybridized carbons (Fsp3) is 0.318. The Morgan fingerprint density at radius 2 is 1.66 bits per heavy atom. The molecule has 5 nitrogen and oxygen atoms in total. The second-order valence-corrected chi connectivity index (χ2v) is 9.03. The lowest BCUT2D eigenvalue weighted by atomic mass is 9.63. The summed E-state index contributed by atoms with van der Waals surface area (Å²) in [5.74, 6) is 1.72. The Morgan fingerprint density at radius 3 is 2.31 bits per heavy atom. The summed E-state index contributed by atoms with van der Waals surface area (Å²) in [6.07, 6.45) is 6.86. The van der Waals surface area contributed by atoms with Crippen LogP contribution in [0.1, 0.15) is 12.2 Å². The second kappa shape index (κ2) is 6.07. The van der Waals surface area contributed by atoms with Crippen LogP contribution in [0.3, 0.4) is 0 Å². The zero-order valence-electron chi connectivity index (χ0n) is 15.2. The maximum absolute atomic E-state index is 12.9. The summed E-state index contributed by atoms with van der Waals surface area (Å²) < 4.78 is 5.78. The Balaban J connectivity index is 1.24. The van der Waals surface area contributed by atoms with Gasteiger partial charge in [0.1, 0.15) is 11.5 Å². The number of benzene rings is 1. The van der Waals surface area contributed by atoms with Gasteiger partial charge in [0, 0.05) is 5.56 Å².